The molecule has 1 fully saturated rings. The smallest absolute Gasteiger partial charge is 0.326 e. The van der Waals surface area contributed by atoms with Gasteiger partial charge < -0.3 is 19.9 Å². The van der Waals surface area contributed by atoms with Gasteiger partial charge in [0.2, 0.25) is 5.91 Å². The van der Waals surface area contributed by atoms with Gasteiger partial charge in [0.1, 0.15) is 10.4 Å². The van der Waals surface area contributed by atoms with E-state index in [4.69, 9.17) is 21.7 Å². The van der Waals surface area contributed by atoms with E-state index < -0.39 is 17.9 Å². The predicted molar refractivity (Wildman–Crippen MR) is 131 cm³/mol. The monoisotopic (exact) mass is 498 g/mol. The summed E-state index contributed by atoms with van der Waals surface area (Å²) in [4.78, 5) is 38.1. The Balaban J connectivity index is 2.02. The van der Waals surface area contributed by atoms with Crippen LogP contribution in [0.25, 0.3) is 6.08 Å². The highest BCUT2D eigenvalue weighted by molar-refractivity contribution is 8.26. The Morgan fingerprint density at radius 3 is 2.75 bits per heavy atom. The maximum absolute atomic E-state index is 12.8. The van der Waals surface area contributed by atoms with Gasteiger partial charge in [0.05, 0.1) is 18.6 Å². The molecule has 0 saturated carbocycles. The number of carbonyl (C=O) groups excluding carboxylic acids is 2. The van der Waals surface area contributed by atoms with Gasteiger partial charge >= 0.3 is 5.97 Å². The van der Waals surface area contributed by atoms with Crippen LogP contribution in [0.2, 0.25) is 0 Å². The number of hydrogen-bond acceptors (Lipinski definition) is 8. The molecule has 1 atom stereocenters. The van der Waals surface area contributed by atoms with Crippen molar-refractivity contribution in [3.05, 3.63) is 28.7 Å². The summed E-state index contributed by atoms with van der Waals surface area (Å²) in [6, 6.07) is 4.41. The highest BCUT2D eigenvalue weighted by Crippen LogP contribution is 2.34. The summed E-state index contributed by atoms with van der Waals surface area (Å²) in [6.07, 6.45) is 3.87. The fourth-order valence-electron chi connectivity index (χ4n) is 2.87. The van der Waals surface area contributed by atoms with E-state index in [9.17, 15) is 19.5 Å². The van der Waals surface area contributed by atoms with Gasteiger partial charge in [-0.3, -0.25) is 14.5 Å². The highest BCUT2D eigenvalue weighted by atomic mass is 32.2. The van der Waals surface area contributed by atoms with E-state index >= 15 is 0 Å². The number of rotatable bonds is 12. The molecular weight excluding hydrogens is 472 g/mol. The Hall–Kier alpha value is -2.24. The molecule has 0 aliphatic carbocycles. The first kappa shape index (κ1) is 26.0. The van der Waals surface area contributed by atoms with Gasteiger partial charge in [-0.2, -0.15) is 11.8 Å². The van der Waals surface area contributed by atoms with Crippen LogP contribution in [0.15, 0.2) is 23.1 Å². The van der Waals surface area contributed by atoms with Crippen LogP contribution in [-0.4, -0.2) is 70.4 Å². The molecule has 2 amide bonds. The number of carboxylic acid groups (broad SMARTS) is 1. The van der Waals surface area contributed by atoms with Crippen LogP contribution in [0.4, 0.5) is 0 Å². The van der Waals surface area contributed by atoms with Crippen molar-refractivity contribution in [3.8, 4) is 11.5 Å². The van der Waals surface area contributed by atoms with Crippen LogP contribution in [0.1, 0.15) is 25.3 Å². The van der Waals surface area contributed by atoms with E-state index in [0.29, 0.717) is 39.5 Å². The SMILES string of the molecule is CCOc1ccc(/C=C2/SC(=S)N(CCC(=O)NC(CCSC)C(=O)O)C2=O)cc1OC. The molecule has 1 aromatic rings. The van der Waals surface area contributed by atoms with E-state index in [2.05, 4.69) is 5.32 Å². The summed E-state index contributed by atoms with van der Waals surface area (Å²) in [7, 11) is 1.54. The molecule has 1 unspecified atom stereocenters. The molecule has 0 bridgehead atoms. The fraction of sp³-hybridized carbons (Fsp3) is 0.429. The highest BCUT2D eigenvalue weighted by Gasteiger charge is 2.32. The molecule has 8 nitrogen and oxygen atoms in total. The van der Waals surface area contributed by atoms with Crippen molar-refractivity contribution in [2.75, 3.05) is 32.3 Å². The van der Waals surface area contributed by atoms with Crippen LogP contribution in [-0.2, 0) is 14.4 Å². The standard InChI is InChI=1S/C21H26N2O6S3/c1-4-29-15-6-5-13(11-16(15)28-2)12-17-19(25)23(21(30)32-17)9-7-18(24)22-14(20(26)27)8-10-31-3/h5-6,11-12,14H,4,7-10H2,1-3H3,(H,22,24)(H,26,27)/b17-12+. The minimum absolute atomic E-state index is 0.0420. The second-order valence-electron chi connectivity index (χ2n) is 6.67. The van der Waals surface area contributed by atoms with Crippen molar-refractivity contribution in [3.63, 3.8) is 0 Å². The van der Waals surface area contributed by atoms with Crippen LogP contribution in [0.5, 0.6) is 11.5 Å². The van der Waals surface area contributed by atoms with Crippen molar-refractivity contribution in [2.24, 2.45) is 0 Å². The fourth-order valence-corrected chi connectivity index (χ4v) is 4.65. The summed E-state index contributed by atoms with van der Waals surface area (Å²) in [6.45, 7) is 2.47. The van der Waals surface area contributed by atoms with Crippen molar-refractivity contribution in [1.29, 1.82) is 0 Å². The molecule has 11 heteroatoms. The molecule has 0 spiro atoms. The first-order chi connectivity index (χ1) is 15.3. The summed E-state index contributed by atoms with van der Waals surface area (Å²) in [5.41, 5.74) is 0.752. The molecule has 1 saturated heterocycles. The normalized spacial score (nSPS) is 15.7. The zero-order chi connectivity index (χ0) is 23.7. The number of ether oxygens (including phenoxy) is 2. The van der Waals surface area contributed by atoms with Crippen molar-refractivity contribution in [1.82, 2.24) is 10.2 Å². The first-order valence-corrected chi connectivity index (χ1v) is 12.5. The van der Waals surface area contributed by atoms with E-state index in [1.54, 1.807) is 25.3 Å². The Morgan fingerprint density at radius 1 is 1.38 bits per heavy atom. The van der Waals surface area contributed by atoms with Gasteiger partial charge in [-0.1, -0.05) is 30.0 Å². The maximum atomic E-state index is 12.8. The van der Waals surface area contributed by atoms with E-state index in [-0.39, 0.29) is 18.9 Å². The number of nitrogens with one attached hydrogen (secondary N) is 1. The van der Waals surface area contributed by atoms with Crippen LogP contribution in [0, 0.1) is 0 Å². The topological polar surface area (TPSA) is 105 Å². The number of hydrogen-bond donors (Lipinski definition) is 2. The molecule has 174 valence electrons. The number of benzene rings is 1. The average molecular weight is 499 g/mol. The molecule has 2 rings (SSSR count). The molecule has 1 aliphatic rings. The quantitative estimate of drug-likeness (QED) is 0.332. The summed E-state index contributed by atoms with van der Waals surface area (Å²) in [5, 5.41) is 11.7. The maximum Gasteiger partial charge on any atom is 0.326 e. The van der Waals surface area contributed by atoms with Crippen molar-refractivity contribution < 1.29 is 29.0 Å². The van der Waals surface area contributed by atoms with Crippen LogP contribution < -0.4 is 14.8 Å². The third-order valence-corrected chi connectivity index (χ3v) is 6.49. The third kappa shape index (κ3) is 7.14. The molecule has 2 N–H and O–H groups in total. The van der Waals surface area contributed by atoms with E-state index in [0.717, 1.165) is 17.3 Å². The molecule has 32 heavy (non-hydrogen) atoms. The van der Waals surface area contributed by atoms with E-state index in [1.165, 1.54) is 16.7 Å². The zero-order valence-corrected chi connectivity index (χ0v) is 20.5. The number of thiocarbonyl (C=S) groups is 1. The largest absolute Gasteiger partial charge is 0.493 e. The molecule has 0 radical (unpaired) electrons. The van der Waals surface area contributed by atoms with E-state index in [1.807, 2.05) is 19.2 Å². The molecule has 1 heterocycles. The third-order valence-electron chi connectivity index (χ3n) is 4.47. The number of amides is 2. The number of carboxylic acids is 1. The predicted octanol–water partition coefficient (Wildman–Crippen LogP) is 3.01. The Labute approximate surface area is 201 Å². The molecule has 1 aromatic carbocycles. The Morgan fingerprint density at radius 2 is 2.12 bits per heavy atom. The average Bonchev–Trinajstić information content (AvgIpc) is 3.02. The van der Waals surface area contributed by atoms with Crippen LogP contribution in [0.3, 0.4) is 0 Å². The Kier molecular flexibility index (Phi) is 10.3. The first-order valence-electron chi connectivity index (χ1n) is 9.88. The van der Waals surface area contributed by atoms with Gasteiger partial charge in [-0.05, 0) is 49.1 Å². The summed E-state index contributed by atoms with van der Waals surface area (Å²) < 4.78 is 11.2. The number of aliphatic carboxylic acids is 1. The minimum atomic E-state index is -1.08. The number of thioether (sulfide) groups is 2. The lowest BCUT2D eigenvalue weighted by Gasteiger charge is -2.17. The van der Waals surface area contributed by atoms with Gasteiger partial charge in [0.25, 0.3) is 5.91 Å². The zero-order valence-electron chi connectivity index (χ0n) is 18.1. The second-order valence-corrected chi connectivity index (χ2v) is 9.33. The number of nitrogens with zero attached hydrogens (tertiary/aromatic N) is 1. The minimum Gasteiger partial charge on any atom is -0.493 e. The molecule has 1 aliphatic heterocycles. The van der Waals surface area contributed by atoms with Gasteiger partial charge in [0.15, 0.2) is 11.5 Å². The summed E-state index contributed by atoms with van der Waals surface area (Å²) >= 11 is 7.97. The second kappa shape index (κ2) is 12.7. The van der Waals surface area contributed by atoms with Crippen molar-refractivity contribution in [2.45, 2.75) is 25.8 Å². The number of carbonyl (C=O) groups is 3. The lowest BCUT2D eigenvalue weighted by Crippen LogP contribution is -2.42. The lowest BCUT2D eigenvalue weighted by atomic mass is 10.2. The Bertz CT molecular complexity index is 906. The molecule has 0 aromatic heterocycles. The van der Waals surface area contributed by atoms with Gasteiger partial charge in [-0.25, -0.2) is 4.79 Å². The van der Waals surface area contributed by atoms with Crippen LogP contribution >= 0.6 is 35.7 Å². The number of methoxy groups -OCH3 is 1. The van der Waals surface area contributed by atoms with Gasteiger partial charge in [-0.15, -0.1) is 0 Å². The summed E-state index contributed by atoms with van der Waals surface area (Å²) in [5.74, 6) is -0.0185. The van der Waals surface area contributed by atoms with Crippen molar-refractivity contribution >= 4 is 63.9 Å². The van der Waals surface area contributed by atoms with Gasteiger partial charge in [0, 0.05) is 13.0 Å². The lowest BCUT2D eigenvalue weighted by molar-refractivity contribution is -0.142. The molecular formula is C21H26N2O6S3.